The number of benzene rings is 4. The van der Waals surface area contributed by atoms with Crippen molar-refractivity contribution >= 4 is 57.7 Å². The Morgan fingerprint density at radius 2 is 1.59 bits per heavy atom. The predicted molar refractivity (Wildman–Crippen MR) is 301 cm³/mol. The van der Waals surface area contributed by atoms with Crippen LogP contribution < -0.4 is 15.4 Å². The second-order valence-electron chi connectivity index (χ2n) is 23.2. The van der Waals surface area contributed by atoms with Crippen molar-refractivity contribution in [2.24, 2.45) is 17.1 Å². The van der Waals surface area contributed by atoms with E-state index in [0.717, 1.165) is 46.3 Å². The zero-order valence-electron chi connectivity index (χ0n) is 45.7. The third-order valence-corrected chi connectivity index (χ3v) is 20.2. The molecule has 5 N–H and O–H groups in total. The van der Waals surface area contributed by atoms with E-state index in [2.05, 4.69) is 69.4 Å². The first kappa shape index (κ1) is 54.5. The number of carbonyl (C=O) groups is 3. The number of halogens is 2. The molecule has 2 aliphatic carbocycles. The second-order valence-corrected chi connectivity index (χ2v) is 24.1. The topological polar surface area (TPSA) is 180 Å². The van der Waals surface area contributed by atoms with Gasteiger partial charge in [-0.25, -0.2) is 4.79 Å². The number of hydrogen-bond donors (Lipinski definition) is 4. The van der Waals surface area contributed by atoms with Crippen molar-refractivity contribution in [2.75, 3.05) is 66.0 Å². The van der Waals surface area contributed by atoms with Gasteiger partial charge in [-0.2, -0.15) is 0 Å². The molecule has 0 amide bonds. The number of anilines is 1. The molecule has 78 heavy (non-hydrogen) atoms. The van der Waals surface area contributed by atoms with Gasteiger partial charge in [-0.3, -0.25) is 19.4 Å². The number of nitrogens with zero attached hydrogens (tertiary/aromatic N) is 3. The van der Waals surface area contributed by atoms with Gasteiger partial charge in [0.2, 0.25) is 5.60 Å². The monoisotopic (exact) mass is 1100 g/mol. The van der Waals surface area contributed by atoms with Crippen LogP contribution in [-0.4, -0.2) is 133 Å². The molecule has 1 aromatic heterocycles. The highest BCUT2D eigenvalue weighted by atomic mass is 35.5. The fourth-order valence-electron chi connectivity index (χ4n) is 16.4. The number of carbonyl (C=O) groups excluding carboxylic acids is 3. The normalized spacial score (nSPS) is 33.3. The van der Waals surface area contributed by atoms with Gasteiger partial charge in [-0.1, -0.05) is 97.7 Å². The molecule has 5 aromatic rings. The smallest absolute Gasteiger partial charge is 0.344 e. The number of esters is 3. The summed E-state index contributed by atoms with van der Waals surface area (Å²) in [5.41, 5.74) is 8.36. The molecule has 1 saturated carbocycles. The summed E-state index contributed by atoms with van der Waals surface area (Å²) >= 11 is 12.1. The van der Waals surface area contributed by atoms with E-state index < -0.39 is 57.5 Å². The third-order valence-electron chi connectivity index (χ3n) is 19.5. The van der Waals surface area contributed by atoms with Crippen molar-refractivity contribution in [3.05, 3.63) is 140 Å². The second kappa shape index (κ2) is 20.3. The van der Waals surface area contributed by atoms with Crippen LogP contribution in [0, 0.1) is 11.3 Å². The Morgan fingerprint density at radius 3 is 2.29 bits per heavy atom. The molecule has 12 atom stereocenters. The zero-order valence-corrected chi connectivity index (χ0v) is 47.3. The summed E-state index contributed by atoms with van der Waals surface area (Å²) in [6.07, 6.45) is 8.00. The summed E-state index contributed by atoms with van der Waals surface area (Å²) < 4.78 is 23.9. The Labute approximate surface area is 467 Å². The SMILES string of the molecule is CC[C@]1(O)C[C@@H]2C[N@@](CCc3c([nH]c4ccccc34)[C@@](C(=O)OC)(c3cc4c(cc3OC)N(C)[C@H]3[C@@](O)(C(=O)OC)[C@H](OC(C)=O)[C@]5(CC)C=CCN6CC[C@]43[C@@H]65)C2)C1.NC1CCC(c2ccc(Cl)c(Cl)c2)c2ccccc21. The number of nitrogens with two attached hydrogens (primary N) is 1. The Bertz CT molecular complexity index is 3220. The highest BCUT2D eigenvalue weighted by Gasteiger charge is 2.80. The minimum Gasteiger partial charge on any atom is -0.496 e. The lowest BCUT2D eigenvalue weighted by Gasteiger charge is -2.63. The zero-order chi connectivity index (χ0) is 55.3. The van der Waals surface area contributed by atoms with Gasteiger partial charge in [-0.15, -0.1) is 0 Å². The molecule has 16 heteroatoms. The van der Waals surface area contributed by atoms with Crippen LogP contribution in [-0.2, 0) is 45.8 Å². The molecule has 4 aromatic carbocycles. The average Bonchev–Trinajstić information content (AvgIpc) is 1.83. The fraction of sp³-hybridized carbons (Fsp3) is 0.500. The molecule has 3 fully saturated rings. The molecule has 5 aliphatic heterocycles. The van der Waals surface area contributed by atoms with E-state index in [1.165, 1.54) is 37.8 Å². The number of methoxy groups -OCH3 is 3. The van der Waals surface area contributed by atoms with Crippen molar-refractivity contribution in [1.82, 2.24) is 14.8 Å². The molecule has 2 saturated heterocycles. The van der Waals surface area contributed by atoms with Crippen molar-refractivity contribution in [2.45, 2.75) is 124 Å². The van der Waals surface area contributed by atoms with Crippen LogP contribution in [0.5, 0.6) is 5.75 Å². The van der Waals surface area contributed by atoms with Crippen LogP contribution in [0.2, 0.25) is 10.0 Å². The maximum absolute atomic E-state index is 15.3. The van der Waals surface area contributed by atoms with E-state index in [4.69, 9.17) is 47.9 Å². The summed E-state index contributed by atoms with van der Waals surface area (Å²) in [5, 5.41) is 27.6. The summed E-state index contributed by atoms with van der Waals surface area (Å²) in [5.74, 6) is -1.20. The molecule has 14 nitrogen and oxygen atoms in total. The van der Waals surface area contributed by atoms with Gasteiger partial charge in [0.05, 0.1) is 43.0 Å². The van der Waals surface area contributed by atoms with Gasteiger partial charge in [0.15, 0.2) is 6.10 Å². The van der Waals surface area contributed by atoms with E-state index in [9.17, 15) is 19.8 Å². The molecule has 7 aliphatic rings. The molecule has 0 radical (unpaired) electrons. The lowest BCUT2D eigenvalue weighted by Crippen LogP contribution is -2.81. The first-order valence-corrected chi connectivity index (χ1v) is 28.4. The van der Waals surface area contributed by atoms with Crippen LogP contribution in [0.25, 0.3) is 10.9 Å². The number of aromatic nitrogens is 1. The van der Waals surface area contributed by atoms with Gasteiger partial charge >= 0.3 is 17.9 Å². The number of likely N-dealkylation sites (N-methyl/N-ethyl adjacent to an activating group) is 1. The number of rotatable bonds is 8. The van der Waals surface area contributed by atoms with Crippen LogP contribution in [0.4, 0.5) is 5.69 Å². The summed E-state index contributed by atoms with van der Waals surface area (Å²) in [4.78, 5) is 53.2. The lowest BCUT2D eigenvalue weighted by molar-refractivity contribution is -0.228. The van der Waals surface area contributed by atoms with E-state index in [1.807, 2.05) is 62.2 Å². The van der Waals surface area contributed by atoms with E-state index in [-0.39, 0.29) is 18.0 Å². The summed E-state index contributed by atoms with van der Waals surface area (Å²) in [6.45, 7) is 8.62. The minimum absolute atomic E-state index is 0.0986. The van der Waals surface area contributed by atoms with Crippen LogP contribution in [0.1, 0.15) is 117 Å². The fourth-order valence-corrected chi connectivity index (χ4v) is 16.7. The number of aromatic amines is 1. The Balaban J connectivity index is 0.000000285. The first-order chi connectivity index (χ1) is 37.4. The number of fused-ring (bicyclic) bond motifs is 7. The molecule has 6 heterocycles. The van der Waals surface area contributed by atoms with Crippen molar-refractivity contribution in [3.63, 3.8) is 0 Å². The number of ether oxygens (including phenoxy) is 4. The van der Waals surface area contributed by atoms with E-state index in [1.54, 1.807) is 7.11 Å². The molecule has 2 bridgehead atoms. The van der Waals surface area contributed by atoms with Gasteiger partial charge in [0.25, 0.3) is 0 Å². The van der Waals surface area contributed by atoms with Gasteiger partial charge in [0.1, 0.15) is 11.2 Å². The number of H-pyrrole nitrogens is 1. The molecule has 1 spiro atoms. The van der Waals surface area contributed by atoms with Crippen LogP contribution >= 0.6 is 23.2 Å². The maximum Gasteiger partial charge on any atom is 0.344 e. The number of para-hydroxylation sites is 1. The van der Waals surface area contributed by atoms with Crippen molar-refractivity contribution in [3.8, 4) is 5.75 Å². The quantitative estimate of drug-likeness (QED) is 0.0658. The maximum atomic E-state index is 15.3. The molecule has 2 unspecified atom stereocenters. The first-order valence-electron chi connectivity index (χ1n) is 27.7. The standard InChI is InChI=1S/C46H58N4O9.C16H15Cl2N/c1-8-42(54)23-28-24-45(40(52)57-6,36-30(15-19-49(25-28)26-42)29-13-10-11-14-33(29)47-36)32-21-31-34(22-35(32)56-5)48(4)38-44(31)17-20-50-18-12-16-43(9-2,37(44)50)39(59-27(3)51)46(38,55)41(53)58-7;17-14-7-5-10(9-15(14)18)11-6-8-16(19)13-4-2-1-3-12(11)13/h10-14,16,21-22,28,37-39,47,54-55H,8-9,15,17-20,23-26H2,1-7H3;1-5,7,9,11,16H,6,8,19H2/t28-,37-,38+,39+,42-,43+,44+,45-,46-;/m0./s1. The summed E-state index contributed by atoms with van der Waals surface area (Å²) in [7, 11) is 6.15. The number of aliphatic hydroxyl groups is 2. The van der Waals surface area contributed by atoms with Gasteiger partial charge in [-0.05, 0) is 116 Å². The molecular formula is C62H73Cl2N5O9. The molecular weight excluding hydrogens is 1030 g/mol. The number of piperidine rings is 1. The Morgan fingerprint density at radius 1 is 0.846 bits per heavy atom. The largest absolute Gasteiger partial charge is 0.496 e. The Kier molecular flexibility index (Phi) is 14.2. The Hall–Kier alpha value is -5.45. The van der Waals surface area contributed by atoms with E-state index in [0.29, 0.717) is 98.5 Å². The van der Waals surface area contributed by atoms with Crippen LogP contribution in [0.3, 0.4) is 0 Å². The van der Waals surface area contributed by atoms with Crippen LogP contribution in [0.15, 0.2) is 91.0 Å². The van der Waals surface area contributed by atoms with Crippen molar-refractivity contribution in [1.29, 1.82) is 0 Å². The molecule has 414 valence electrons. The van der Waals surface area contributed by atoms with Crippen molar-refractivity contribution < 1.29 is 43.5 Å². The predicted octanol–water partition coefficient (Wildman–Crippen LogP) is 8.91. The lowest BCUT2D eigenvalue weighted by atomic mass is 9.47. The van der Waals surface area contributed by atoms with Gasteiger partial charge in [0, 0.05) is 103 Å². The number of hydrogen-bond acceptors (Lipinski definition) is 13. The highest BCUT2D eigenvalue weighted by molar-refractivity contribution is 6.42. The summed E-state index contributed by atoms with van der Waals surface area (Å²) in [6, 6.07) is 25.4. The third kappa shape index (κ3) is 8.08. The highest BCUT2D eigenvalue weighted by Crippen LogP contribution is 2.68. The van der Waals surface area contributed by atoms with E-state index >= 15 is 4.79 Å². The molecule has 12 rings (SSSR count). The minimum atomic E-state index is -2.30. The number of nitrogens with one attached hydrogen (secondary N) is 1. The average molecular weight is 1100 g/mol. The van der Waals surface area contributed by atoms with Gasteiger partial charge < -0.3 is 44.8 Å².